The standard InChI is InChI=1S/C29H32BN5O7.ClH/c1-20-15-24(42-23-12-6-3-7-13-23)27(34-29(38)41-18-21-9-4-2-5-10-21)28(37)35(20)17-26(36)33-25(30(39)40)14-8-11-22-16-31-19-32-22;/h2-7,9-10,12-13,15-16,19,25,39-40H,8,11,14,17-18H2,1H3,(H,31,32)(H,33,36)(H,34,38);1H/t25-;/m0./s1. The van der Waals surface area contributed by atoms with Gasteiger partial charge in [-0.05, 0) is 43.9 Å². The lowest BCUT2D eigenvalue weighted by atomic mass is 9.76. The van der Waals surface area contributed by atoms with Gasteiger partial charge in [0.25, 0.3) is 5.56 Å². The molecule has 2 amide bonds. The number of aromatic nitrogens is 3. The molecule has 0 saturated heterocycles. The molecule has 0 spiro atoms. The van der Waals surface area contributed by atoms with Crippen molar-refractivity contribution >= 4 is 37.2 Å². The number of nitrogens with one attached hydrogen (secondary N) is 3. The van der Waals surface area contributed by atoms with Gasteiger partial charge in [-0.1, -0.05) is 48.5 Å². The highest BCUT2D eigenvalue weighted by atomic mass is 35.5. The van der Waals surface area contributed by atoms with E-state index >= 15 is 0 Å². The highest BCUT2D eigenvalue weighted by molar-refractivity contribution is 6.43. The first-order chi connectivity index (χ1) is 20.3. The van der Waals surface area contributed by atoms with Crippen molar-refractivity contribution in [2.75, 3.05) is 5.32 Å². The molecular formula is C29H33BClN5O7. The van der Waals surface area contributed by atoms with Crippen molar-refractivity contribution < 1.29 is 29.1 Å². The lowest BCUT2D eigenvalue weighted by Crippen LogP contribution is -2.48. The number of amides is 2. The van der Waals surface area contributed by atoms with E-state index in [4.69, 9.17) is 9.47 Å². The van der Waals surface area contributed by atoms with Crippen molar-refractivity contribution in [2.24, 2.45) is 0 Å². The van der Waals surface area contributed by atoms with Crippen molar-refractivity contribution in [1.29, 1.82) is 0 Å². The summed E-state index contributed by atoms with van der Waals surface area (Å²) in [4.78, 5) is 46.2. The van der Waals surface area contributed by atoms with Gasteiger partial charge in [-0.3, -0.25) is 14.9 Å². The second-order valence-corrected chi connectivity index (χ2v) is 9.56. The number of hydrogen-bond donors (Lipinski definition) is 5. The van der Waals surface area contributed by atoms with Crippen LogP contribution >= 0.6 is 12.4 Å². The molecule has 5 N–H and O–H groups in total. The van der Waals surface area contributed by atoms with Gasteiger partial charge in [0, 0.05) is 18.0 Å². The zero-order chi connectivity index (χ0) is 29.9. The van der Waals surface area contributed by atoms with Crippen molar-refractivity contribution in [3.8, 4) is 11.5 Å². The molecule has 0 aliphatic carbocycles. The molecule has 0 aliphatic rings. The van der Waals surface area contributed by atoms with Crippen LogP contribution in [0, 0.1) is 6.92 Å². The van der Waals surface area contributed by atoms with E-state index in [1.807, 2.05) is 24.3 Å². The predicted octanol–water partition coefficient (Wildman–Crippen LogP) is 3.36. The van der Waals surface area contributed by atoms with Gasteiger partial charge in [-0.15, -0.1) is 12.4 Å². The van der Waals surface area contributed by atoms with Gasteiger partial charge in [0.2, 0.25) is 5.91 Å². The summed E-state index contributed by atoms with van der Waals surface area (Å²) in [6.45, 7) is 1.16. The average molecular weight is 610 g/mol. The Morgan fingerprint density at radius 2 is 1.79 bits per heavy atom. The van der Waals surface area contributed by atoms with E-state index in [2.05, 4.69) is 20.6 Å². The van der Waals surface area contributed by atoms with E-state index in [9.17, 15) is 24.4 Å². The molecule has 12 nitrogen and oxygen atoms in total. The maximum absolute atomic E-state index is 13.6. The molecule has 4 rings (SSSR count). The molecule has 0 saturated carbocycles. The SMILES string of the molecule is Cc1cc(Oc2ccccc2)c(NC(=O)OCc2ccccc2)c(=O)n1CC(=O)N[C@@H](CCCc1c[nH]cn1)B(O)O.Cl. The molecular weight excluding hydrogens is 577 g/mol. The zero-order valence-corrected chi connectivity index (χ0v) is 24.3. The summed E-state index contributed by atoms with van der Waals surface area (Å²) < 4.78 is 12.4. The second kappa shape index (κ2) is 16.2. The minimum atomic E-state index is -1.80. The normalized spacial score (nSPS) is 11.1. The summed E-state index contributed by atoms with van der Waals surface area (Å²) in [6, 6.07) is 19.3. The van der Waals surface area contributed by atoms with Crippen LogP contribution in [0.3, 0.4) is 0 Å². The van der Waals surface area contributed by atoms with Gasteiger partial charge in [0.1, 0.15) is 18.9 Å². The Morgan fingerprint density at radius 1 is 1.09 bits per heavy atom. The third-order valence-electron chi connectivity index (χ3n) is 6.39. The topological polar surface area (TPSA) is 168 Å². The number of carbonyl (C=O) groups is 2. The highest BCUT2D eigenvalue weighted by Gasteiger charge is 2.26. The van der Waals surface area contributed by atoms with Crippen LogP contribution in [-0.2, 0) is 29.1 Å². The molecule has 0 bridgehead atoms. The summed E-state index contributed by atoms with van der Waals surface area (Å²) >= 11 is 0. The van der Waals surface area contributed by atoms with Gasteiger partial charge in [-0.25, -0.2) is 9.78 Å². The van der Waals surface area contributed by atoms with E-state index in [0.29, 0.717) is 24.3 Å². The van der Waals surface area contributed by atoms with Crippen molar-refractivity contribution in [3.05, 3.63) is 107 Å². The van der Waals surface area contributed by atoms with Crippen LogP contribution in [0.4, 0.5) is 10.5 Å². The van der Waals surface area contributed by atoms with Gasteiger partial charge >= 0.3 is 13.2 Å². The van der Waals surface area contributed by atoms with Gasteiger partial charge in [0.15, 0.2) is 11.4 Å². The van der Waals surface area contributed by atoms with Crippen molar-refractivity contribution in [1.82, 2.24) is 19.9 Å². The number of aromatic amines is 1. The van der Waals surface area contributed by atoms with E-state index in [0.717, 1.165) is 15.8 Å². The summed E-state index contributed by atoms with van der Waals surface area (Å²) in [7, 11) is -1.80. The molecule has 0 unspecified atom stereocenters. The minimum absolute atomic E-state index is 0. The maximum atomic E-state index is 13.6. The van der Waals surface area contributed by atoms with Gasteiger partial charge < -0.3 is 34.4 Å². The van der Waals surface area contributed by atoms with E-state index < -0.39 is 37.2 Å². The number of aryl methyl sites for hydroxylation is 2. The Balaban J connectivity index is 0.00000506. The second-order valence-electron chi connectivity index (χ2n) is 9.56. The molecule has 226 valence electrons. The maximum Gasteiger partial charge on any atom is 0.475 e. The van der Waals surface area contributed by atoms with Crippen LogP contribution in [0.2, 0.25) is 0 Å². The molecule has 0 aliphatic heterocycles. The molecule has 43 heavy (non-hydrogen) atoms. The number of halogens is 1. The summed E-state index contributed by atoms with van der Waals surface area (Å²) in [5, 5.41) is 24.7. The highest BCUT2D eigenvalue weighted by Crippen LogP contribution is 2.28. The number of benzene rings is 2. The lowest BCUT2D eigenvalue weighted by molar-refractivity contribution is -0.122. The Bertz CT molecular complexity index is 1520. The van der Waals surface area contributed by atoms with Crippen molar-refractivity contribution in [2.45, 2.75) is 45.3 Å². The number of rotatable bonds is 13. The van der Waals surface area contributed by atoms with E-state index in [1.54, 1.807) is 55.8 Å². The Labute approximate surface area is 254 Å². The summed E-state index contributed by atoms with van der Waals surface area (Å²) in [5.74, 6) is -1.08. The fourth-order valence-corrected chi connectivity index (χ4v) is 4.23. The van der Waals surface area contributed by atoms with Crippen LogP contribution in [0.5, 0.6) is 11.5 Å². The number of hydrogen-bond acceptors (Lipinski definition) is 8. The Morgan fingerprint density at radius 3 is 2.44 bits per heavy atom. The number of H-pyrrole nitrogens is 1. The average Bonchev–Trinajstić information content (AvgIpc) is 3.50. The first kappa shape index (κ1) is 32.9. The van der Waals surface area contributed by atoms with Gasteiger partial charge in [0.05, 0.1) is 18.0 Å². The molecule has 0 fully saturated rings. The van der Waals surface area contributed by atoms with Gasteiger partial charge in [-0.2, -0.15) is 0 Å². The predicted molar refractivity (Wildman–Crippen MR) is 163 cm³/mol. The fourth-order valence-electron chi connectivity index (χ4n) is 4.23. The number of anilines is 1. The largest absolute Gasteiger partial charge is 0.475 e. The molecule has 0 radical (unpaired) electrons. The number of pyridine rings is 1. The number of imidazole rings is 1. The van der Waals surface area contributed by atoms with Crippen LogP contribution in [0.1, 0.15) is 29.8 Å². The first-order valence-corrected chi connectivity index (χ1v) is 13.4. The fraction of sp³-hybridized carbons (Fsp3) is 0.241. The molecule has 1 atom stereocenters. The third-order valence-corrected chi connectivity index (χ3v) is 6.39. The zero-order valence-electron chi connectivity index (χ0n) is 23.4. The molecule has 4 aromatic rings. The van der Waals surface area contributed by atoms with Crippen LogP contribution < -0.4 is 20.9 Å². The quantitative estimate of drug-likeness (QED) is 0.144. The van der Waals surface area contributed by atoms with E-state index in [-0.39, 0.29) is 36.9 Å². The first-order valence-electron chi connectivity index (χ1n) is 13.4. The number of para-hydroxylation sites is 1. The minimum Gasteiger partial charge on any atom is -0.455 e. The molecule has 2 aromatic heterocycles. The summed E-state index contributed by atoms with van der Waals surface area (Å²) in [6.07, 6.45) is 3.81. The molecule has 2 heterocycles. The number of ether oxygens (including phenoxy) is 2. The molecule has 14 heteroatoms. The van der Waals surface area contributed by atoms with E-state index in [1.165, 1.54) is 6.07 Å². The van der Waals surface area contributed by atoms with Crippen LogP contribution in [0.25, 0.3) is 0 Å². The van der Waals surface area contributed by atoms with Crippen molar-refractivity contribution in [3.63, 3.8) is 0 Å². The lowest BCUT2D eigenvalue weighted by Gasteiger charge is -2.20. The molecule has 2 aromatic carbocycles. The monoisotopic (exact) mass is 609 g/mol. The number of nitrogens with zero attached hydrogens (tertiary/aromatic N) is 2. The Hall–Kier alpha value is -4.59. The number of carbonyl (C=O) groups excluding carboxylic acids is 2. The van der Waals surface area contributed by atoms with Crippen LogP contribution in [0.15, 0.2) is 84.0 Å². The van der Waals surface area contributed by atoms with Crippen LogP contribution in [-0.4, -0.2) is 49.6 Å². The smallest absolute Gasteiger partial charge is 0.455 e. The Kier molecular flexibility index (Phi) is 12.4. The summed E-state index contributed by atoms with van der Waals surface area (Å²) in [5.41, 5.74) is 1.04. The third kappa shape index (κ3) is 9.74.